The van der Waals surface area contributed by atoms with Crippen molar-refractivity contribution >= 4 is 16.9 Å². The van der Waals surface area contributed by atoms with Crippen molar-refractivity contribution in [3.8, 4) is 0 Å². The summed E-state index contributed by atoms with van der Waals surface area (Å²) in [5.41, 5.74) is 1.21. The molecular weight excluding hydrogens is 226 g/mol. The van der Waals surface area contributed by atoms with E-state index in [2.05, 4.69) is 35.6 Å². The molecule has 0 bridgehead atoms. The molecule has 1 amide bonds. The minimum atomic E-state index is -0.349. The highest BCUT2D eigenvalue weighted by Gasteiger charge is 2.00. The summed E-state index contributed by atoms with van der Waals surface area (Å²) >= 11 is 0. The van der Waals surface area contributed by atoms with Crippen LogP contribution >= 0.6 is 0 Å². The summed E-state index contributed by atoms with van der Waals surface area (Å²) in [6, 6.07) is 14.6. The molecule has 0 fully saturated rings. The van der Waals surface area contributed by atoms with Gasteiger partial charge in [0.25, 0.3) is 0 Å². The van der Waals surface area contributed by atoms with Gasteiger partial charge in [0.1, 0.15) is 0 Å². The molecule has 0 saturated carbocycles. The van der Waals surface area contributed by atoms with Crippen LogP contribution in [0, 0.1) is 0 Å². The summed E-state index contributed by atoms with van der Waals surface area (Å²) in [5, 5.41) is 5.18. The van der Waals surface area contributed by atoms with Crippen LogP contribution in [0.15, 0.2) is 42.5 Å². The molecule has 1 N–H and O–H groups in total. The van der Waals surface area contributed by atoms with Crippen LogP contribution in [0.5, 0.6) is 0 Å². The Morgan fingerprint density at radius 1 is 1.17 bits per heavy atom. The van der Waals surface area contributed by atoms with Crippen molar-refractivity contribution < 1.29 is 9.53 Å². The van der Waals surface area contributed by atoms with E-state index in [4.69, 9.17) is 4.74 Å². The van der Waals surface area contributed by atoms with Crippen molar-refractivity contribution in [1.82, 2.24) is 5.32 Å². The van der Waals surface area contributed by atoms with Crippen LogP contribution in [-0.4, -0.2) is 19.2 Å². The third kappa shape index (κ3) is 3.23. The van der Waals surface area contributed by atoms with Gasteiger partial charge in [0.2, 0.25) is 0 Å². The first kappa shape index (κ1) is 12.4. The first-order chi connectivity index (χ1) is 8.79. The smallest absolute Gasteiger partial charge is 0.407 e. The fourth-order valence-corrected chi connectivity index (χ4v) is 1.89. The molecule has 18 heavy (non-hydrogen) atoms. The Labute approximate surface area is 107 Å². The number of carbonyl (C=O) groups excluding carboxylic acids is 1. The molecule has 3 nitrogen and oxygen atoms in total. The van der Waals surface area contributed by atoms with Gasteiger partial charge in [0, 0.05) is 6.54 Å². The average molecular weight is 243 g/mol. The van der Waals surface area contributed by atoms with Gasteiger partial charge in [-0.3, -0.25) is 0 Å². The fraction of sp³-hybridized carbons (Fsp3) is 0.267. The SMILES string of the molecule is CCOC(=O)NCCc1ccc2ccccc2c1. The molecule has 94 valence electrons. The van der Waals surface area contributed by atoms with Gasteiger partial charge in [-0.15, -0.1) is 0 Å². The Balaban J connectivity index is 1.93. The van der Waals surface area contributed by atoms with E-state index in [-0.39, 0.29) is 6.09 Å². The van der Waals surface area contributed by atoms with Gasteiger partial charge in [-0.05, 0) is 29.7 Å². The van der Waals surface area contributed by atoms with Gasteiger partial charge in [-0.2, -0.15) is 0 Å². The van der Waals surface area contributed by atoms with Crippen LogP contribution in [0.3, 0.4) is 0 Å². The van der Waals surface area contributed by atoms with Crippen LogP contribution in [0.2, 0.25) is 0 Å². The van der Waals surface area contributed by atoms with E-state index in [1.807, 2.05) is 12.1 Å². The summed E-state index contributed by atoms with van der Waals surface area (Å²) in [7, 11) is 0. The van der Waals surface area contributed by atoms with Crippen molar-refractivity contribution in [3.05, 3.63) is 48.0 Å². The lowest BCUT2D eigenvalue weighted by Crippen LogP contribution is -2.26. The minimum Gasteiger partial charge on any atom is -0.450 e. The van der Waals surface area contributed by atoms with E-state index in [1.54, 1.807) is 6.92 Å². The minimum absolute atomic E-state index is 0.349. The molecule has 2 aromatic carbocycles. The molecule has 3 heteroatoms. The third-order valence-electron chi connectivity index (χ3n) is 2.77. The number of nitrogens with one attached hydrogen (secondary N) is 1. The second kappa shape index (κ2) is 6.05. The summed E-state index contributed by atoms with van der Waals surface area (Å²) in [4.78, 5) is 11.1. The highest BCUT2D eigenvalue weighted by molar-refractivity contribution is 5.83. The summed E-state index contributed by atoms with van der Waals surface area (Å²) < 4.78 is 4.80. The number of alkyl carbamates (subject to hydrolysis) is 1. The average Bonchev–Trinajstić information content (AvgIpc) is 2.39. The Hall–Kier alpha value is -2.03. The molecule has 0 atom stereocenters. The predicted octanol–water partition coefficient (Wildman–Crippen LogP) is 3.13. The molecule has 2 rings (SSSR count). The van der Waals surface area contributed by atoms with Gasteiger partial charge < -0.3 is 10.1 Å². The molecule has 0 aliphatic rings. The predicted molar refractivity (Wildman–Crippen MR) is 72.7 cm³/mol. The number of hydrogen-bond acceptors (Lipinski definition) is 2. The van der Waals surface area contributed by atoms with Crippen LogP contribution < -0.4 is 5.32 Å². The number of carbonyl (C=O) groups is 1. The quantitative estimate of drug-likeness (QED) is 0.896. The van der Waals surface area contributed by atoms with Gasteiger partial charge in [0.05, 0.1) is 6.61 Å². The lowest BCUT2D eigenvalue weighted by Gasteiger charge is -2.06. The molecule has 0 aromatic heterocycles. The van der Waals surface area contributed by atoms with Crippen molar-refractivity contribution in [2.75, 3.05) is 13.2 Å². The zero-order chi connectivity index (χ0) is 12.8. The lowest BCUT2D eigenvalue weighted by molar-refractivity contribution is 0.152. The zero-order valence-electron chi connectivity index (χ0n) is 10.5. The molecular formula is C15H17NO2. The molecule has 0 radical (unpaired) electrons. The molecule has 0 spiro atoms. The maximum atomic E-state index is 11.1. The highest BCUT2D eigenvalue weighted by Crippen LogP contribution is 2.15. The van der Waals surface area contributed by atoms with E-state index in [0.717, 1.165) is 6.42 Å². The van der Waals surface area contributed by atoms with E-state index in [1.165, 1.54) is 16.3 Å². The van der Waals surface area contributed by atoms with E-state index >= 15 is 0 Å². The molecule has 0 heterocycles. The zero-order valence-corrected chi connectivity index (χ0v) is 10.5. The van der Waals surface area contributed by atoms with Gasteiger partial charge in [0.15, 0.2) is 0 Å². The van der Waals surface area contributed by atoms with Crippen LogP contribution in [0.4, 0.5) is 4.79 Å². The molecule has 0 aliphatic heterocycles. The van der Waals surface area contributed by atoms with Gasteiger partial charge in [-0.25, -0.2) is 4.79 Å². The number of benzene rings is 2. The molecule has 0 aliphatic carbocycles. The molecule has 0 unspecified atom stereocenters. The number of ether oxygens (including phenoxy) is 1. The Morgan fingerprint density at radius 3 is 2.72 bits per heavy atom. The monoisotopic (exact) mass is 243 g/mol. The van der Waals surface area contributed by atoms with Crippen molar-refractivity contribution in [1.29, 1.82) is 0 Å². The lowest BCUT2D eigenvalue weighted by atomic mass is 10.1. The van der Waals surface area contributed by atoms with Crippen molar-refractivity contribution in [2.45, 2.75) is 13.3 Å². The van der Waals surface area contributed by atoms with Crippen molar-refractivity contribution in [3.63, 3.8) is 0 Å². The van der Waals surface area contributed by atoms with E-state index in [0.29, 0.717) is 13.2 Å². The summed E-state index contributed by atoms with van der Waals surface area (Å²) in [6.45, 7) is 2.79. The fourth-order valence-electron chi connectivity index (χ4n) is 1.89. The second-order valence-electron chi connectivity index (χ2n) is 4.08. The van der Waals surface area contributed by atoms with Crippen molar-refractivity contribution in [2.24, 2.45) is 0 Å². The highest BCUT2D eigenvalue weighted by atomic mass is 16.5. The second-order valence-corrected chi connectivity index (χ2v) is 4.08. The maximum Gasteiger partial charge on any atom is 0.407 e. The summed E-state index contributed by atoms with van der Waals surface area (Å²) in [5.74, 6) is 0. The number of rotatable bonds is 4. The Bertz CT molecular complexity index is 537. The van der Waals surface area contributed by atoms with Gasteiger partial charge in [-0.1, -0.05) is 42.5 Å². The van der Waals surface area contributed by atoms with Crippen LogP contribution in [0.1, 0.15) is 12.5 Å². The van der Waals surface area contributed by atoms with Crippen LogP contribution in [-0.2, 0) is 11.2 Å². The number of hydrogen-bond donors (Lipinski definition) is 1. The maximum absolute atomic E-state index is 11.1. The normalized spacial score (nSPS) is 10.3. The topological polar surface area (TPSA) is 38.3 Å². The Kier molecular flexibility index (Phi) is 4.18. The third-order valence-corrected chi connectivity index (χ3v) is 2.77. The standard InChI is InChI=1S/C15H17NO2/c1-2-18-15(17)16-10-9-12-7-8-13-5-3-4-6-14(13)11-12/h3-8,11H,2,9-10H2,1H3,(H,16,17). The number of amides is 1. The first-order valence-corrected chi connectivity index (χ1v) is 6.18. The molecule has 2 aromatic rings. The van der Waals surface area contributed by atoms with Crippen LogP contribution in [0.25, 0.3) is 10.8 Å². The van der Waals surface area contributed by atoms with E-state index < -0.39 is 0 Å². The van der Waals surface area contributed by atoms with Gasteiger partial charge >= 0.3 is 6.09 Å². The summed E-state index contributed by atoms with van der Waals surface area (Å²) in [6.07, 6.45) is 0.460. The first-order valence-electron chi connectivity index (χ1n) is 6.18. The Morgan fingerprint density at radius 2 is 1.94 bits per heavy atom. The molecule has 0 saturated heterocycles. The number of fused-ring (bicyclic) bond motifs is 1. The largest absolute Gasteiger partial charge is 0.450 e. The van der Waals surface area contributed by atoms with E-state index in [9.17, 15) is 4.79 Å².